The van der Waals surface area contributed by atoms with Crippen LogP contribution in [0, 0.1) is 11.2 Å². The van der Waals surface area contributed by atoms with Gasteiger partial charge in [0.1, 0.15) is 17.1 Å². The van der Waals surface area contributed by atoms with Gasteiger partial charge in [0.25, 0.3) is 0 Å². The zero-order chi connectivity index (χ0) is 19.4. The second-order valence-corrected chi connectivity index (χ2v) is 7.40. The fraction of sp³-hybridized carbons (Fsp3) is 0.474. The maximum absolute atomic E-state index is 13.3. The molecular weight excluding hydrogens is 362 g/mol. The van der Waals surface area contributed by atoms with Gasteiger partial charge in [-0.3, -0.25) is 9.48 Å². The molecule has 2 saturated carbocycles. The van der Waals surface area contributed by atoms with Crippen LogP contribution in [0.1, 0.15) is 43.6 Å². The Morgan fingerprint density at radius 1 is 1.22 bits per heavy atom. The average molecular weight is 381 g/mol. The summed E-state index contributed by atoms with van der Waals surface area (Å²) >= 11 is 0. The Balaban J connectivity index is 1.73. The lowest BCUT2D eigenvalue weighted by molar-refractivity contribution is -0.189. The highest BCUT2D eigenvalue weighted by Gasteiger charge is 2.68. The molecule has 4 nitrogen and oxygen atoms in total. The molecule has 0 aliphatic heterocycles. The minimum absolute atomic E-state index is 0.120. The Morgan fingerprint density at radius 2 is 1.85 bits per heavy atom. The predicted octanol–water partition coefficient (Wildman–Crippen LogP) is 4.77. The second-order valence-electron chi connectivity index (χ2n) is 7.40. The molecule has 144 valence electrons. The molecule has 0 unspecified atom stereocenters. The maximum atomic E-state index is 13.3. The number of hydrogen-bond acceptors (Lipinski definition) is 2. The third-order valence-corrected chi connectivity index (χ3v) is 5.67. The van der Waals surface area contributed by atoms with Gasteiger partial charge in [-0.15, -0.1) is 0 Å². The Kier molecular flexibility index (Phi) is 4.05. The zero-order valence-electron chi connectivity index (χ0n) is 14.7. The monoisotopic (exact) mass is 381 g/mol. The number of anilines is 1. The summed E-state index contributed by atoms with van der Waals surface area (Å²) in [5.41, 5.74) is -0.299. The molecular formula is C19H19F4N3O. The standard InChI is InChI=1S/C19H19F4N3O/c1-26-16(24-17(27)18(9-10-18)19(21,22)23)14(11-3-2-4-11)15(25-26)12-5-7-13(20)8-6-12/h5-8,11H,2-4,9-10H2,1H3,(H,24,27). The molecule has 0 spiro atoms. The van der Waals surface area contributed by atoms with E-state index in [4.69, 9.17) is 0 Å². The van der Waals surface area contributed by atoms with Crippen LogP contribution < -0.4 is 5.32 Å². The third-order valence-electron chi connectivity index (χ3n) is 5.67. The normalized spacial score (nSPS) is 18.9. The number of aromatic nitrogens is 2. The Bertz CT molecular complexity index is 878. The van der Waals surface area contributed by atoms with Crippen molar-refractivity contribution in [1.82, 2.24) is 9.78 Å². The van der Waals surface area contributed by atoms with Gasteiger partial charge in [0.05, 0.1) is 5.69 Å². The molecule has 2 aliphatic carbocycles. The predicted molar refractivity (Wildman–Crippen MR) is 91.5 cm³/mol. The van der Waals surface area contributed by atoms with Crippen molar-refractivity contribution in [3.8, 4) is 11.3 Å². The van der Waals surface area contributed by atoms with Crippen molar-refractivity contribution in [1.29, 1.82) is 0 Å². The smallest absolute Gasteiger partial charge is 0.310 e. The zero-order valence-corrected chi connectivity index (χ0v) is 14.7. The van der Waals surface area contributed by atoms with E-state index in [-0.39, 0.29) is 24.6 Å². The fourth-order valence-electron chi connectivity index (χ4n) is 3.58. The second kappa shape index (κ2) is 6.07. The molecule has 2 fully saturated rings. The number of aryl methyl sites for hydroxylation is 1. The highest BCUT2D eigenvalue weighted by atomic mass is 19.4. The molecule has 1 heterocycles. The van der Waals surface area contributed by atoms with E-state index in [9.17, 15) is 22.4 Å². The van der Waals surface area contributed by atoms with E-state index >= 15 is 0 Å². The lowest BCUT2D eigenvalue weighted by atomic mass is 9.79. The highest BCUT2D eigenvalue weighted by molar-refractivity contribution is 5.98. The number of carbonyl (C=O) groups is 1. The lowest BCUT2D eigenvalue weighted by Gasteiger charge is -2.27. The Labute approximate surface area is 153 Å². The number of alkyl halides is 3. The van der Waals surface area contributed by atoms with Crippen molar-refractivity contribution in [3.05, 3.63) is 35.6 Å². The molecule has 0 radical (unpaired) electrons. The van der Waals surface area contributed by atoms with Crippen molar-refractivity contribution in [2.45, 2.75) is 44.2 Å². The molecule has 1 amide bonds. The first-order chi connectivity index (χ1) is 12.7. The van der Waals surface area contributed by atoms with Gasteiger partial charge in [-0.25, -0.2) is 4.39 Å². The number of hydrogen-bond donors (Lipinski definition) is 1. The van der Waals surface area contributed by atoms with Gasteiger partial charge in [0, 0.05) is 18.2 Å². The largest absolute Gasteiger partial charge is 0.403 e. The number of nitrogens with one attached hydrogen (secondary N) is 1. The van der Waals surface area contributed by atoms with Gasteiger partial charge < -0.3 is 5.32 Å². The molecule has 2 aromatic rings. The van der Waals surface area contributed by atoms with Gasteiger partial charge in [0.2, 0.25) is 5.91 Å². The van der Waals surface area contributed by atoms with E-state index in [1.807, 2.05) is 0 Å². The molecule has 1 N–H and O–H groups in total. The maximum Gasteiger partial charge on any atom is 0.403 e. The Hall–Kier alpha value is -2.38. The van der Waals surface area contributed by atoms with E-state index in [0.717, 1.165) is 24.8 Å². The molecule has 2 aliphatic rings. The molecule has 27 heavy (non-hydrogen) atoms. The van der Waals surface area contributed by atoms with Crippen LogP contribution in [0.2, 0.25) is 0 Å². The molecule has 4 rings (SSSR count). The summed E-state index contributed by atoms with van der Waals surface area (Å²) < 4.78 is 54.5. The average Bonchev–Trinajstić information content (AvgIpc) is 3.32. The van der Waals surface area contributed by atoms with Crippen molar-refractivity contribution in [2.24, 2.45) is 12.5 Å². The minimum atomic E-state index is -4.56. The first-order valence-corrected chi connectivity index (χ1v) is 8.94. The van der Waals surface area contributed by atoms with Crippen LogP contribution in [0.25, 0.3) is 11.3 Å². The van der Waals surface area contributed by atoms with Crippen molar-refractivity contribution < 1.29 is 22.4 Å². The van der Waals surface area contributed by atoms with Gasteiger partial charge in [-0.05, 0) is 55.9 Å². The summed E-state index contributed by atoms with van der Waals surface area (Å²) in [4.78, 5) is 12.4. The number of amides is 1. The molecule has 1 aromatic heterocycles. The fourth-order valence-corrected chi connectivity index (χ4v) is 3.58. The summed E-state index contributed by atoms with van der Waals surface area (Å²) in [5.74, 6) is -0.979. The van der Waals surface area contributed by atoms with E-state index in [1.54, 1.807) is 19.2 Å². The van der Waals surface area contributed by atoms with Crippen molar-refractivity contribution in [3.63, 3.8) is 0 Å². The Morgan fingerprint density at radius 3 is 2.33 bits per heavy atom. The first-order valence-electron chi connectivity index (χ1n) is 8.94. The van der Waals surface area contributed by atoms with Crippen molar-refractivity contribution >= 4 is 11.7 Å². The summed E-state index contributed by atoms with van der Waals surface area (Å²) in [5, 5.41) is 6.94. The SMILES string of the molecule is Cn1nc(-c2ccc(F)cc2)c(C2CCC2)c1NC(=O)C1(C(F)(F)F)CC1. The molecule has 0 saturated heterocycles. The third kappa shape index (κ3) is 2.91. The van der Waals surface area contributed by atoms with Crippen LogP contribution >= 0.6 is 0 Å². The molecule has 0 bridgehead atoms. The van der Waals surface area contributed by atoms with Crippen molar-refractivity contribution in [2.75, 3.05) is 5.32 Å². The first kappa shape index (κ1) is 18.0. The van der Waals surface area contributed by atoms with E-state index in [2.05, 4.69) is 10.4 Å². The number of rotatable bonds is 4. The van der Waals surface area contributed by atoms with E-state index in [0.29, 0.717) is 17.1 Å². The van der Waals surface area contributed by atoms with Crippen LogP contribution in [-0.2, 0) is 11.8 Å². The minimum Gasteiger partial charge on any atom is -0.310 e. The van der Waals surface area contributed by atoms with Gasteiger partial charge in [-0.1, -0.05) is 6.42 Å². The molecule has 1 aromatic carbocycles. The molecule has 8 heteroatoms. The highest BCUT2D eigenvalue weighted by Crippen LogP contribution is 2.58. The van der Waals surface area contributed by atoms with E-state index < -0.39 is 17.5 Å². The van der Waals surface area contributed by atoms with Gasteiger partial charge >= 0.3 is 6.18 Å². The summed E-state index contributed by atoms with van der Waals surface area (Å²) in [7, 11) is 1.60. The number of carbonyl (C=O) groups excluding carboxylic acids is 1. The number of nitrogens with zero attached hydrogens (tertiary/aromatic N) is 2. The van der Waals surface area contributed by atoms with Gasteiger partial charge in [-0.2, -0.15) is 18.3 Å². The number of benzene rings is 1. The number of halogens is 4. The van der Waals surface area contributed by atoms with Crippen LogP contribution in [-0.4, -0.2) is 21.9 Å². The summed E-state index contributed by atoms with van der Waals surface area (Å²) in [6.07, 6.45) is -2.16. The van der Waals surface area contributed by atoms with Crippen LogP contribution in [0.5, 0.6) is 0 Å². The quantitative estimate of drug-likeness (QED) is 0.775. The van der Waals surface area contributed by atoms with Crippen LogP contribution in [0.15, 0.2) is 24.3 Å². The summed E-state index contributed by atoms with van der Waals surface area (Å²) in [6.45, 7) is 0. The van der Waals surface area contributed by atoms with E-state index in [1.165, 1.54) is 16.8 Å². The topological polar surface area (TPSA) is 46.9 Å². The van der Waals surface area contributed by atoms with Gasteiger partial charge in [0.15, 0.2) is 0 Å². The summed E-state index contributed by atoms with van der Waals surface area (Å²) in [6, 6.07) is 5.80. The lowest BCUT2D eigenvalue weighted by Crippen LogP contribution is -2.37. The molecule has 0 atom stereocenters. The van der Waals surface area contributed by atoms with Crippen LogP contribution in [0.3, 0.4) is 0 Å². The van der Waals surface area contributed by atoms with Crippen LogP contribution in [0.4, 0.5) is 23.4 Å².